The number of nitrogens with zero attached hydrogens (tertiary/aromatic N) is 1. The first-order valence-corrected chi connectivity index (χ1v) is 7.00. The number of benzene rings is 1. The quantitative estimate of drug-likeness (QED) is 0.905. The molecule has 0 bridgehead atoms. The van der Waals surface area contributed by atoms with Gasteiger partial charge in [0.15, 0.2) is 5.82 Å². The molecule has 0 radical (unpaired) electrons. The summed E-state index contributed by atoms with van der Waals surface area (Å²) in [6, 6.07) is 0.823. The first-order chi connectivity index (χ1) is 9.91. The number of carbonyl (C=O) groups excluding carboxylic acids is 2. The highest BCUT2D eigenvalue weighted by Crippen LogP contribution is 2.37. The van der Waals surface area contributed by atoms with Gasteiger partial charge in [-0.25, -0.2) is 8.78 Å². The molecule has 2 aliphatic rings. The van der Waals surface area contributed by atoms with Crippen LogP contribution in [0.25, 0.3) is 0 Å². The van der Waals surface area contributed by atoms with Crippen molar-refractivity contribution in [1.29, 1.82) is 0 Å². The predicted octanol–water partition coefficient (Wildman–Crippen LogP) is 1.90. The van der Waals surface area contributed by atoms with Gasteiger partial charge in [-0.2, -0.15) is 0 Å². The van der Waals surface area contributed by atoms with Crippen LogP contribution in [0.4, 0.5) is 14.5 Å². The number of piperazine rings is 1. The average Bonchev–Trinajstić information content (AvgIpc) is 3.26. The highest BCUT2D eigenvalue weighted by molar-refractivity contribution is 6.08. The third-order valence-electron chi connectivity index (χ3n) is 4.16. The molecule has 6 heteroatoms. The van der Waals surface area contributed by atoms with E-state index >= 15 is 0 Å². The molecular formula is C15H16F2N2O2. The predicted molar refractivity (Wildman–Crippen MR) is 72.7 cm³/mol. The van der Waals surface area contributed by atoms with Crippen molar-refractivity contribution in [2.24, 2.45) is 5.92 Å². The van der Waals surface area contributed by atoms with E-state index in [0.717, 1.165) is 23.8 Å². The summed E-state index contributed by atoms with van der Waals surface area (Å²) in [5.74, 6) is -2.37. The van der Waals surface area contributed by atoms with Crippen molar-refractivity contribution >= 4 is 17.5 Å². The monoisotopic (exact) mass is 294 g/mol. The van der Waals surface area contributed by atoms with Crippen molar-refractivity contribution in [1.82, 2.24) is 5.32 Å². The number of amides is 2. The average molecular weight is 294 g/mol. The Morgan fingerprint density at radius 2 is 1.90 bits per heavy atom. The zero-order valence-electron chi connectivity index (χ0n) is 11.8. The summed E-state index contributed by atoms with van der Waals surface area (Å²) in [6.45, 7) is 2.97. The molecule has 1 aliphatic heterocycles. The lowest BCUT2D eigenvalue weighted by Gasteiger charge is -2.37. The van der Waals surface area contributed by atoms with Crippen molar-refractivity contribution in [3.63, 3.8) is 0 Å². The molecule has 2 fully saturated rings. The van der Waals surface area contributed by atoms with Crippen molar-refractivity contribution in [2.45, 2.75) is 38.8 Å². The molecular weight excluding hydrogens is 278 g/mol. The second-order valence-electron chi connectivity index (χ2n) is 5.73. The molecule has 1 saturated carbocycles. The van der Waals surface area contributed by atoms with Crippen LogP contribution in [0.15, 0.2) is 12.1 Å². The Hall–Kier alpha value is -1.98. The highest BCUT2D eigenvalue weighted by atomic mass is 19.1. The molecule has 1 N–H and O–H groups in total. The van der Waals surface area contributed by atoms with Crippen LogP contribution in [0.3, 0.4) is 0 Å². The molecule has 1 saturated heterocycles. The van der Waals surface area contributed by atoms with E-state index in [1.165, 1.54) is 19.9 Å². The summed E-state index contributed by atoms with van der Waals surface area (Å²) in [5.41, 5.74) is -0.187. The fraction of sp³-hybridized carbons (Fsp3) is 0.467. The second kappa shape index (κ2) is 4.79. The molecule has 2 unspecified atom stereocenters. The van der Waals surface area contributed by atoms with Crippen molar-refractivity contribution in [3.8, 4) is 0 Å². The normalized spacial score (nSPS) is 26.0. The van der Waals surface area contributed by atoms with Crippen LogP contribution in [-0.4, -0.2) is 23.9 Å². The van der Waals surface area contributed by atoms with Gasteiger partial charge in [0.1, 0.15) is 23.6 Å². The summed E-state index contributed by atoms with van der Waals surface area (Å²) in [7, 11) is 0. The van der Waals surface area contributed by atoms with Gasteiger partial charge in [0.05, 0.1) is 0 Å². The van der Waals surface area contributed by atoms with Gasteiger partial charge in [-0.15, -0.1) is 0 Å². The van der Waals surface area contributed by atoms with Gasteiger partial charge in [0.2, 0.25) is 5.91 Å². The topological polar surface area (TPSA) is 49.4 Å². The minimum atomic E-state index is -0.932. The maximum Gasteiger partial charge on any atom is 0.250 e. The number of aryl methyl sites for hydroxylation is 1. The van der Waals surface area contributed by atoms with E-state index in [9.17, 15) is 18.4 Å². The van der Waals surface area contributed by atoms with Crippen LogP contribution in [0, 0.1) is 24.5 Å². The first kappa shape index (κ1) is 14.0. The number of hydrogen-bond donors (Lipinski definition) is 1. The molecule has 0 aromatic heterocycles. The van der Waals surface area contributed by atoms with Crippen LogP contribution >= 0.6 is 0 Å². The Bertz CT molecular complexity index is 628. The van der Waals surface area contributed by atoms with E-state index in [4.69, 9.17) is 0 Å². The smallest absolute Gasteiger partial charge is 0.250 e. The summed E-state index contributed by atoms with van der Waals surface area (Å²) in [4.78, 5) is 25.6. The standard InChI is InChI=1S/C15H16F2N2O2/c1-7-3-6-10(16)13(11(7)17)19-8(2)14(20)18-12(15(19)21)9-4-5-9/h3,6,8-9,12H,4-5H2,1-2H3,(H,18,20). The van der Waals surface area contributed by atoms with Crippen molar-refractivity contribution < 1.29 is 18.4 Å². The summed E-state index contributed by atoms with van der Waals surface area (Å²) >= 11 is 0. The van der Waals surface area contributed by atoms with Crippen LogP contribution in [-0.2, 0) is 9.59 Å². The van der Waals surface area contributed by atoms with Gasteiger partial charge in [-0.3, -0.25) is 14.5 Å². The maximum absolute atomic E-state index is 14.3. The Labute approximate surface area is 121 Å². The molecule has 0 spiro atoms. The van der Waals surface area contributed by atoms with E-state index in [1.807, 2.05) is 0 Å². The van der Waals surface area contributed by atoms with E-state index in [0.29, 0.717) is 0 Å². The Morgan fingerprint density at radius 1 is 1.24 bits per heavy atom. The lowest BCUT2D eigenvalue weighted by atomic mass is 10.0. The molecule has 1 aliphatic carbocycles. The fourth-order valence-corrected chi connectivity index (χ4v) is 2.71. The van der Waals surface area contributed by atoms with Gasteiger partial charge in [0.25, 0.3) is 5.91 Å². The van der Waals surface area contributed by atoms with E-state index in [1.54, 1.807) is 0 Å². The number of halogens is 2. The third kappa shape index (κ3) is 2.18. The van der Waals surface area contributed by atoms with Gasteiger partial charge < -0.3 is 5.32 Å². The summed E-state index contributed by atoms with van der Waals surface area (Å²) in [6.07, 6.45) is 1.69. The summed E-state index contributed by atoms with van der Waals surface area (Å²) in [5, 5.41) is 2.66. The number of nitrogens with one attached hydrogen (secondary N) is 1. The zero-order chi connectivity index (χ0) is 15.3. The fourth-order valence-electron chi connectivity index (χ4n) is 2.71. The SMILES string of the molecule is Cc1ccc(F)c(N2C(=O)C(C3CC3)NC(=O)C2C)c1F. The zero-order valence-corrected chi connectivity index (χ0v) is 11.8. The lowest BCUT2D eigenvalue weighted by Crippen LogP contribution is -2.63. The molecule has 2 amide bonds. The molecule has 1 aromatic carbocycles. The molecule has 4 nitrogen and oxygen atoms in total. The molecule has 1 heterocycles. The number of hydrogen-bond acceptors (Lipinski definition) is 2. The Balaban J connectivity index is 2.08. The minimum Gasteiger partial charge on any atom is -0.342 e. The second-order valence-corrected chi connectivity index (χ2v) is 5.73. The lowest BCUT2D eigenvalue weighted by molar-refractivity contribution is -0.134. The molecule has 112 valence electrons. The highest BCUT2D eigenvalue weighted by Gasteiger charge is 2.47. The molecule has 1 aromatic rings. The maximum atomic E-state index is 14.3. The van der Waals surface area contributed by atoms with E-state index in [-0.39, 0.29) is 17.4 Å². The first-order valence-electron chi connectivity index (χ1n) is 7.00. The van der Waals surface area contributed by atoms with Crippen molar-refractivity contribution in [2.75, 3.05) is 4.90 Å². The molecule has 21 heavy (non-hydrogen) atoms. The minimum absolute atomic E-state index is 0.0763. The summed E-state index contributed by atoms with van der Waals surface area (Å²) < 4.78 is 28.4. The van der Waals surface area contributed by atoms with E-state index in [2.05, 4.69) is 5.32 Å². The van der Waals surface area contributed by atoms with Crippen LogP contribution in [0.5, 0.6) is 0 Å². The van der Waals surface area contributed by atoms with Crippen LogP contribution in [0.1, 0.15) is 25.3 Å². The molecule has 2 atom stereocenters. The van der Waals surface area contributed by atoms with Crippen LogP contribution in [0.2, 0.25) is 0 Å². The van der Waals surface area contributed by atoms with Crippen LogP contribution < -0.4 is 10.2 Å². The molecule has 3 rings (SSSR count). The van der Waals surface area contributed by atoms with Gasteiger partial charge in [-0.1, -0.05) is 6.07 Å². The number of anilines is 1. The largest absolute Gasteiger partial charge is 0.342 e. The number of carbonyl (C=O) groups is 2. The number of rotatable bonds is 2. The Kier molecular flexibility index (Phi) is 3.19. The Morgan fingerprint density at radius 3 is 2.52 bits per heavy atom. The van der Waals surface area contributed by atoms with Gasteiger partial charge >= 0.3 is 0 Å². The van der Waals surface area contributed by atoms with E-state index < -0.39 is 35.3 Å². The van der Waals surface area contributed by atoms with Gasteiger partial charge in [0, 0.05) is 0 Å². The van der Waals surface area contributed by atoms with Gasteiger partial charge in [-0.05, 0) is 44.2 Å². The van der Waals surface area contributed by atoms with Crippen molar-refractivity contribution in [3.05, 3.63) is 29.3 Å². The third-order valence-corrected chi connectivity index (χ3v) is 4.16.